The smallest absolute Gasteiger partial charge is 0.234 e. The van der Waals surface area contributed by atoms with Gasteiger partial charge in [-0.1, -0.05) is 41.0 Å². The van der Waals surface area contributed by atoms with Gasteiger partial charge in [-0.25, -0.2) is 0 Å². The number of aromatic nitrogens is 3. The lowest BCUT2D eigenvalue weighted by Gasteiger charge is -2.11. The largest absolute Gasteiger partial charge is 0.383 e. The number of carbonyl (C=O) groups excluding carboxylic acids is 1. The zero-order valence-electron chi connectivity index (χ0n) is 16.0. The number of nitrogens with one attached hydrogen (secondary N) is 1. The third kappa shape index (κ3) is 5.73. The van der Waals surface area contributed by atoms with Gasteiger partial charge in [0.05, 0.1) is 18.9 Å². The van der Waals surface area contributed by atoms with Crippen LogP contribution in [0.1, 0.15) is 5.56 Å². The van der Waals surface area contributed by atoms with Crippen LogP contribution >= 0.6 is 35.0 Å². The Morgan fingerprint density at radius 1 is 1.14 bits per heavy atom. The molecule has 29 heavy (non-hydrogen) atoms. The van der Waals surface area contributed by atoms with Gasteiger partial charge < -0.3 is 10.1 Å². The predicted octanol–water partition coefficient (Wildman–Crippen LogP) is 4.94. The molecule has 0 aliphatic rings. The fourth-order valence-corrected chi connectivity index (χ4v) is 3.70. The van der Waals surface area contributed by atoms with E-state index in [0.29, 0.717) is 39.9 Å². The van der Waals surface area contributed by atoms with Crippen LogP contribution in [0, 0.1) is 6.92 Å². The van der Waals surface area contributed by atoms with Crippen molar-refractivity contribution in [2.75, 3.05) is 24.8 Å². The third-order valence-electron chi connectivity index (χ3n) is 4.14. The summed E-state index contributed by atoms with van der Waals surface area (Å²) >= 11 is 13.3. The molecule has 1 heterocycles. The van der Waals surface area contributed by atoms with E-state index in [1.165, 1.54) is 11.8 Å². The van der Waals surface area contributed by atoms with E-state index in [1.807, 2.05) is 29.7 Å². The number of methoxy groups -OCH3 is 1. The maximum absolute atomic E-state index is 12.4. The van der Waals surface area contributed by atoms with Gasteiger partial charge >= 0.3 is 0 Å². The van der Waals surface area contributed by atoms with Crippen molar-refractivity contribution in [1.82, 2.24) is 14.8 Å². The minimum atomic E-state index is -0.144. The Kier molecular flexibility index (Phi) is 7.55. The molecule has 9 heteroatoms. The minimum Gasteiger partial charge on any atom is -0.383 e. The molecule has 0 saturated heterocycles. The highest BCUT2D eigenvalue weighted by Crippen LogP contribution is 2.26. The van der Waals surface area contributed by atoms with Gasteiger partial charge in [0.15, 0.2) is 11.0 Å². The fraction of sp³-hybridized carbons (Fsp3) is 0.250. The lowest BCUT2D eigenvalue weighted by molar-refractivity contribution is -0.113. The summed E-state index contributed by atoms with van der Waals surface area (Å²) in [5.74, 6) is 0.750. The predicted molar refractivity (Wildman–Crippen MR) is 118 cm³/mol. The Balaban J connectivity index is 1.73. The summed E-state index contributed by atoms with van der Waals surface area (Å²) in [6.07, 6.45) is 0. The summed E-state index contributed by atoms with van der Waals surface area (Å²) in [6, 6.07) is 12.8. The van der Waals surface area contributed by atoms with E-state index < -0.39 is 0 Å². The Bertz CT molecular complexity index is 993. The Morgan fingerprint density at radius 2 is 1.86 bits per heavy atom. The Hall–Kier alpha value is -2.06. The lowest BCUT2D eigenvalue weighted by atomic mass is 10.2. The molecule has 1 N–H and O–H groups in total. The molecule has 0 spiro atoms. The average molecular weight is 451 g/mol. The number of carbonyl (C=O) groups is 1. The van der Waals surface area contributed by atoms with Crippen molar-refractivity contribution in [3.63, 3.8) is 0 Å². The summed E-state index contributed by atoms with van der Waals surface area (Å²) in [5.41, 5.74) is 2.54. The van der Waals surface area contributed by atoms with Crippen LogP contribution in [0.25, 0.3) is 11.4 Å². The molecular formula is C20H20Cl2N4O2S. The number of rotatable bonds is 8. The van der Waals surface area contributed by atoms with E-state index in [0.717, 1.165) is 11.1 Å². The van der Waals surface area contributed by atoms with E-state index in [2.05, 4.69) is 15.5 Å². The Morgan fingerprint density at radius 3 is 2.59 bits per heavy atom. The van der Waals surface area contributed by atoms with E-state index in [-0.39, 0.29) is 11.7 Å². The van der Waals surface area contributed by atoms with Crippen molar-refractivity contribution in [2.24, 2.45) is 0 Å². The number of anilines is 1. The lowest BCUT2D eigenvalue weighted by Crippen LogP contribution is -2.16. The van der Waals surface area contributed by atoms with Gasteiger partial charge in [0.2, 0.25) is 5.91 Å². The second kappa shape index (κ2) is 10.1. The number of halogens is 2. The van der Waals surface area contributed by atoms with E-state index >= 15 is 0 Å². The molecule has 0 radical (unpaired) electrons. The van der Waals surface area contributed by atoms with Crippen molar-refractivity contribution in [2.45, 2.75) is 18.6 Å². The number of hydrogen-bond donors (Lipinski definition) is 1. The fourth-order valence-electron chi connectivity index (χ4n) is 2.64. The molecule has 2 aromatic carbocycles. The van der Waals surface area contributed by atoms with Crippen LogP contribution in [0.2, 0.25) is 10.0 Å². The van der Waals surface area contributed by atoms with Gasteiger partial charge in [0.25, 0.3) is 0 Å². The van der Waals surface area contributed by atoms with Crippen molar-refractivity contribution < 1.29 is 9.53 Å². The second-order valence-corrected chi connectivity index (χ2v) is 8.07. The van der Waals surface area contributed by atoms with Gasteiger partial charge in [-0.2, -0.15) is 0 Å². The van der Waals surface area contributed by atoms with Gasteiger partial charge in [0, 0.05) is 28.4 Å². The van der Waals surface area contributed by atoms with Crippen LogP contribution in [0.3, 0.4) is 0 Å². The van der Waals surface area contributed by atoms with Crippen LogP contribution in [0.15, 0.2) is 47.6 Å². The zero-order valence-corrected chi connectivity index (χ0v) is 18.3. The first-order valence-corrected chi connectivity index (χ1v) is 10.6. The third-order valence-corrected chi connectivity index (χ3v) is 5.60. The molecule has 0 unspecified atom stereocenters. The number of amides is 1. The molecule has 1 amide bonds. The van der Waals surface area contributed by atoms with Gasteiger partial charge in [-0.05, 0) is 48.9 Å². The molecule has 0 atom stereocenters. The van der Waals surface area contributed by atoms with Crippen LogP contribution < -0.4 is 5.32 Å². The standard InChI is InChI=1S/C20H20Cl2N4O2S/c1-13-3-6-16(22)11-17(13)23-18(27)12-29-20-25-24-19(26(20)9-10-28-2)14-4-7-15(21)8-5-14/h3-8,11H,9-10,12H2,1-2H3,(H,23,27). The second-order valence-electron chi connectivity index (χ2n) is 6.25. The minimum absolute atomic E-state index is 0.144. The van der Waals surface area contributed by atoms with Gasteiger partial charge in [-0.3, -0.25) is 9.36 Å². The van der Waals surface area contributed by atoms with Crippen molar-refractivity contribution >= 4 is 46.6 Å². The van der Waals surface area contributed by atoms with Crippen molar-refractivity contribution in [1.29, 1.82) is 0 Å². The van der Waals surface area contributed by atoms with Crippen LogP contribution in [-0.2, 0) is 16.1 Å². The summed E-state index contributed by atoms with van der Waals surface area (Å²) < 4.78 is 7.15. The first kappa shape index (κ1) is 21.6. The quantitative estimate of drug-likeness (QED) is 0.492. The first-order chi connectivity index (χ1) is 14.0. The molecule has 152 valence electrons. The number of nitrogens with zero attached hydrogens (tertiary/aromatic N) is 3. The average Bonchev–Trinajstić information content (AvgIpc) is 3.11. The van der Waals surface area contributed by atoms with Crippen LogP contribution in [0.5, 0.6) is 0 Å². The van der Waals surface area contributed by atoms with Gasteiger partial charge in [-0.15, -0.1) is 10.2 Å². The van der Waals surface area contributed by atoms with E-state index in [4.69, 9.17) is 27.9 Å². The Labute approximate surface area is 183 Å². The highest BCUT2D eigenvalue weighted by Gasteiger charge is 2.16. The van der Waals surface area contributed by atoms with E-state index in [1.54, 1.807) is 31.4 Å². The number of hydrogen-bond acceptors (Lipinski definition) is 5. The van der Waals surface area contributed by atoms with Crippen LogP contribution in [-0.4, -0.2) is 40.1 Å². The highest BCUT2D eigenvalue weighted by atomic mass is 35.5. The molecule has 3 rings (SSSR count). The maximum atomic E-state index is 12.4. The zero-order chi connectivity index (χ0) is 20.8. The van der Waals surface area contributed by atoms with Crippen LogP contribution in [0.4, 0.5) is 5.69 Å². The number of benzene rings is 2. The highest BCUT2D eigenvalue weighted by molar-refractivity contribution is 7.99. The molecule has 0 fully saturated rings. The molecule has 1 aromatic heterocycles. The summed E-state index contributed by atoms with van der Waals surface area (Å²) in [5, 5.41) is 13.3. The number of ether oxygens (including phenoxy) is 1. The normalized spacial score (nSPS) is 10.9. The molecule has 0 aliphatic carbocycles. The number of aryl methyl sites for hydroxylation is 1. The molecular weight excluding hydrogens is 431 g/mol. The van der Waals surface area contributed by atoms with E-state index in [9.17, 15) is 4.79 Å². The molecule has 6 nitrogen and oxygen atoms in total. The topological polar surface area (TPSA) is 69.0 Å². The summed E-state index contributed by atoms with van der Waals surface area (Å²) in [6.45, 7) is 2.98. The SMILES string of the molecule is COCCn1c(SCC(=O)Nc2cc(Cl)ccc2C)nnc1-c1ccc(Cl)cc1. The monoisotopic (exact) mass is 450 g/mol. The molecule has 0 bridgehead atoms. The maximum Gasteiger partial charge on any atom is 0.234 e. The summed E-state index contributed by atoms with van der Waals surface area (Å²) in [4.78, 5) is 12.4. The van der Waals surface area contributed by atoms with Crippen molar-refractivity contribution in [3.8, 4) is 11.4 Å². The van der Waals surface area contributed by atoms with Crippen molar-refractivity contribution in [3.05, 3.63) is 58.1 Å². The van der Waals surface area contributed by atoms with Gasteiger partial charge in [0.1, 0.15) is 0 Å². The first-order valence-electron chi connectivity index (χ1n) is 8.85. The molecule has 0 saturated carbocycles. The number of thioether (sulfide) groups is 1. The molecule has 3 aromatic rings. The molecule has 0 aliphatic heterocycles. The summed E-state index contributed by atoms with van der Waals surface area (Å²) in [7, 11) is 1.64.